The van der Waals surface area contributed by atoms with E-state index in [4.69, 9.17) is 16.7 Å². The Bertz CT molecular complexity index is 361. The van der Waals surface area contributed by atoms with Crippen LogP contribution in [0.25, 0.3) is 0 Å². The predicted molar refractivity (Wildman–Crippen MR) is 53.8 cm³/mol. The maximum atomic E-state index is 10.3. The molecule has 0 unspecified atom stereocenters. The van der Waals surface area contributed by atoms with Crippen molar-refractivity contribution in [3.8, 4) is 5.75 Å². The molecule has 1 rings (SSSR count). The van der Waals surface area contributed by atoms with Crippen LogP contribution in [-0.2, 0) is 11.2 Å². The molecule has 0 amide bonds. The second-order valence-corrected chi connectivity index (χ2v) is 3.56. The molecule has 0 bridgehead atoms. The Hall–Kier alpha value is -1.22. The normalized spacial score (nSPS) is 10.1. The maximum absolute atomic E-state index is 10.3. The molecular weight excluding hydrogens is 204 g/mol. The van der Waals surface area contributed by atoms with Gasteiger partial charge in [0.05, 0.1) is 0 Å². The lowest BCUT2D eigenvalue weighted by atomic mass is 10.1. The third-order valence-corrected chi connectivity index (χ3v) is 2.17. The van der Waals surface area contributed by atoms with E-state index in [-0.39, 0.29) is 12.2 Å². The molecule has 1 aromatic rings. The number of aromatic hydroxyl groups is 1. The first-order valence-corrected chi connectivity index (χ1v) is 4.58. The Balaban J connectivity index is 2.90. The fourth-order valence-electron chi connectivity index (χ4n) is 1.24. The molecule has 4 heteroatoms. The first-order valence-electron chi connectivity index (χ1n) is 4.20. The summed E-state index contributed by atoms with van der Waals surface area (Å²) in [4.78, 5) is 10.3. The summed E-state index contributed by atoms with van der Waals surface area (Å²) in [5.41, 5.74) is 1.25. The number of phenolic OH excluding ortho intramolecular Hbond substituents is 1. The van der Waals surface area contributed by atoms with Gasteiger partial charge in [-0.25, -0.2) is 0 Å². The van der Waals surface area contributed by atoms with E-state index in [9.17, 15) is 9.90 Å². The van der Waals surface area contributed by atoms with Gasteiger partial charge in [-0.05, 0) is 36.6 Å². The van der Waals surface area contributed by atoms with Crippen molar-refractivity contribution in [1.29, 1.82) is 0 Å². The molecule has 76 valence electrons. The summed E-state index contributed by atoms with van der Waals surface area (Å²) in [6, 6.07) is 3.23. The van der Waals surface area contributed by atoms with E-state index in [1.54, 1.807) is 19.1 Å². The van der Waals surface area contributed by atoms with E-state index >= 15 is 0 Å². The monoisotopic (exact) mass is 214 g/mol. The molecule has 3 nitrogen and oxygen atoms in total. The van der Waals surface area contributed by atoms with Crippen LogP contribution in [0.4, 0.5) is 0 Å². The quantitative estimate of drug-likeness (QED) is 0.812. The molecule has 0 radical (unpaired) electrons. The zero-order valence-corrected chi connectivity index (χ0v) is 8.51. The molecule has 2 N–H and O–H groups in total. The summed E-state index contributed by atoms with van der Waals surface area (Å²) in [5, 5.41) is 18.6. The molecule has 1 aromatic carbocycles. The van der Waals surface area contributed by atoms with Gasteiger partial charge in [-0.1, -0.05) is 11.6 Å². The van der Waals surface area contributed by atoms with E-state index in [2.05, 4.69) is 0 Å². The summed E-state index contributed by atoms with van der Waals surface area (Å²) in [6.45, 7) is 1.73. The van der Waals surface area contributed by atoms with Crippen LogP contribution in [0.15, 0.2) is 12.1 Å². The number of aliphatic carboxylic acids is 1. The van der Waals surface area contributed by atoms with E-state index in [0.29, 0.717) is 22.6 Å². The van der Waals surface area contributed by atoms with Crippen LogP contribution in [0.1, 0.15) is 17.5 Å². The highest BCUT2D eigenvalue weighted by Crippen LogP contribution is 2.27. The van der Waals surface area contributed by atoms with Gasteiger partial charge in [-0.2, -0.15) is 0 Å². The molecule has 0 saturated heterocycles. The standard InChI is InChI=1S/C10H11ClO3/c1-6-4-8(11)5-7(10(6)14)2-3-9(12)13/h4-5,14H,2-3H2,1H3,(H,12,13). The van der Waals surface area contributed by atoms with Crippen molar-refractivity contribution in [3.05, 3.63) is 28.3 Å². The van der Waals surface area contributed by atoms with Gasteiger partial charge in [0.2, 0.25) is 0 Å². The molecule has 0 spiro atoms. The lowest BCUT2D eigenvalue weighted by Crippen LogP contribution is -1.98. The van der Waals surface area contributed by atoms with Crippen molar-refractivity contribution in [3.63, 3.8) is 0 Å². The smallest absolute Gasteiger partial charge is 0.303 e. The highest BCUT2D eigenvalue weighted by molar-refractivity contribution is 6.30. The third-order valence-electron chi connectivity index (χ3n) is 1.95. The van der Waals surface area contributed by atoms with Gasteiger partial charge in [0.15, 0.2) is 0 Å². The second-order valence-electron chi connectivity index (χ2n) is 3.12. The lowest BCUT2D eigenvalue weighted by Gasteiger charge is -2.06. The van der Waals surface area contributed by atoms with Crippen molar-refractivity contribution >= 4 is 17.6 Å². The average Bonchev–Trinajstić information content (AvgIpc) is 2.08. The average molecular weight is 215 g/mol. The SMILES string of the molecule is Cc1cc(Cl)cc(CCC(=O)O)c1O. The van der Waals surface area contributed by atoms with Crippen LogP contribution in [0.5, 0.6) is 5.75 Å². The van der Waals surface area contributed by atoms with Gasteiger partial charge in [-0.3, -0.25) is 4.79 Å². The molecule has 14 heavy (non-hydrogen) atoms. The number of phenols is 1. The number of rotatable bonds is 3. The van der Waals surface area contributed by atoms with Crippen LogP contribution in [0.3, 0.4) is 0 Å². The minimum atomic E-state index is -0.887. The van der Waals surface area contributed by atoms with Gasteiger partial charge in [0, 0.05) is 11.4 Å². The molecule has 0 aliphatic rings. The summed E-state index contributed by atoms with van der Waals surface area (Å²) in [7, 11) is 0. The largest absolute Gasteiger partial charge is 0.507 e. The molecule has 0 fully saturated rings. The topological polar surface area (TPSA) is 57.5 Å². The molecule has 0 aliphatic carbocycles. The molecule has 0 heterocycles. The zero-order valence-electron chi connectivity index (χ0n) is 7.75. The Kier molecular flexibility index (Phi) is 3.36. The number of halogens is 1. The highest BCUT2D eigenvalue weighted by atomic mass is 35.5. The van der Waals surface area contributed by atoms with Gasteiger partial charge in [0.25, 0.3) is 0 Å². The number of hydrogen-bond acceptors (Lipinski definition) is 2. The fourth-order valence-corrected chi connectivity index (χ4v) is 1.53. The molecular formula is C10H11ClO3. The second kappa shape index (κ2) is 4.33. The summed E-state index contributed by atoms with van der Waals surface area (Å²) in [6.07, 6.45) is 0.288. The van der Waals surface area contributed by atoms with Crippen molar-refractivity contribution in [2.75, 3.05) is 0 Å². The highest BCUT2D eigenvalue weighted by Gasteiger charge is 2.07. The minimum Gasteiger partial charge on any atom is -0.507 e. The summed E-state index contributed by atoms with van der Waals surface area (Å²) < 4.78 is 0. The van der Waals surface area contributed by atoms with Crippen LogP contribution < -0.4 is 0 Å². The van der Waals surface area contributed by atoms with Gasteiger partial charge < -0.3 is 10.2 Å². The van der Waals surface area contributed by atoms with Crippen molar-refractivity contribution in [2.24, 2.45) is 0 Å². The Labute approximate surface area is 86.9 Å². The minimum absolute atomic E-state index is 0.00660. The van der Waals surface area contributed by atoms with E-state index < -0.39 is 5.97 Å². The first-order chi connectivity index (χ1) is 6.50. The Morgan fingerprint density at radius 2 is 2.14 bits per heavy atom. The van der Waals surface area contributed by atoms with E-state index in [1.165, 1.54) is 0 Å². The van der Waals surface area contributed by atoms with Gasteiger partial charge >= 0.3 is 5.97 Å². The third kappa shape index (κ3) is 2.64. The van der Waals surface area contributed by atoms with E-state index in [0.717, 1.165) is 0 Å². The summed E-state index contributed by atoms with van der Waals surface area (Å²) >= 11 is 5.78. The predicted octanol–water partition coefficient (Wildman–Crippen LogP) is 2.37. The van der Waals surface area contributed by atoms with Crippen LogP contribution in [0, 0.1) is 6.92 Å². The van der Waals surface area contributed by atoms with Crippen molar-refractivity contribution < 1.29 is 15.0 Å². The maximum Gasteiger partial charge on any atom is 0.303 e. The number of aryl methyl sites for hydroxylation is 2. The molecule has 0 atom stereocenters. The first kappa shape index (κ1) is 10.9. The molecule has 0 aromatic heterocycles. The van der Waals surface area contributed by atoms with Crippen LogP contribution in [-0.4, -0.2) is 16.2 Å². The van der Waals surface area contributed by atoms with E-state index in [1.807, 2.05) is 0 Å². The van der Waals surface area contributed by atoms with Crippen molar-refractivity contribution in [1.82, 2.24) is 0 Å². The molecule has 0 aliphatic heterocycles. The number of carbonyl (C=O) groups is 1. The van der Waals surface area contributed by atoms with Crippen LogP contribution >= 0.6 is 11.6 Å². The zero-order chi connectivity index (χ0) is 10.7. The summed E-state index contributed by atoms with van der Waals surface area (Å²) in [5.74, 6) is -0.752. The van der Waals surface area contributed by atoms with Crippen LogP contribution in [0.2, 0.25) is 5.02 Å². The Morgan fingerprint density at radius 3 is 2.71 bits per heavy atom. The van der Waals surface area contributed by atoms with Crippen molar-refractivity contribution in [2.45, 2.75) is 19.8 Å². The number of hydrogen-bond donors (Lipinski definition) is 2. The van der Waals surface area contributed by atoms with Gasteiger partial charge in [-0.15, -0.1) is 0 Å². The van der Waals surface area contributed by atoms with Gasteiger partial charge in [0.1, 0.15) is 5.75 Å². The lowest BCUT2D eigenvalue weighted by molar-refractivity contribution is -0.136. The number of carboxylic acid groups (broad SMARTS) is 1. The number of benzene rings is 1. The fraction of sp³-hybridized carbons (Fsp3) is 0.300. The molecule has 0 saturated carbocycles. The Morgan fingerprint density at radius 1 is 1.50 bits per heavy atom. The number of carboxylic acids is 1.